The van der Waals surface area contributed by atoms with E-state index in [0.717, 1.165) is 12.8 Å². The fourth-order valence-corrected chi connectivity index (χ4v) is 2.47. The van der Waals surface area contributed by atoms with Gasteiger partial charge in [0.2, 0.25) is 0 Å². The largest absolute Gasteiger partial charge is 0.340 e. The lowest BCUT2D eigenvalue weighted by Crippen LogP contribution is -2.51. The number of nitro groups is 1. The van der Waals surface area contributed by atoms with Crippen LogP contribution in [0.25, 0.3) is 0 Å². The highest BCUT2D eigenvalue weighted by Gasteiger charge is 2.32. The van der Waals surface area contributed by atoms with Crippen molar-refractivity contribution in [1.82, 2.24) is 14.8 Å². The number of carbonyl (C=O) groups is 1. The molecule has 1 saturated heterocycles. The van der Waals surface area contributed by atoms with Gasteiger partial charge in [-0.15, -0.1) is 0 Å². The van der Waals surface area contributed by atoms with E-state index in [0.29, 0.717) is 18.8 Å². The van der Waals surface area contributed by atoms with Gasteiger partial charge < -0.3 is 14.8 Å². The predicted molar refractivity (Wildman–Crippen MR) is 74.7 cm³/mol. The molecule has 1 aliphatic rings. The molecule has 0 atom stereocenters. The number of carbonyl (C=O) groups excluding carboxylic acids is 1. The molecule has 110 valence electrons. The number of hydrogen-bond acceptors (Lipinski definition) is 4. The quantitative estimate of drug-likeness (QED) is 0.665. The maximum atomic E-state index is 12.4. The van der Waals surface area contributed by atoms with Crippen LogP contribution < -0.4 is 5.32 Å². The standard InChI is InChI=1S/C13H20N4O3/c1-13(14-2)4-6-16(7-5-13)12(18)11-8-10(17(19)20)9-15(11)3/h8-9,14H,4-7H2,1-3H3. The maximum absolute atomic E-state index is 12.4. The summed E-state index contributed by atoms with van der Waals surface area (Å²) < 4.78 is 1.52. The van der Waals surface area contributed by atoms with E-state index >= 15 is 0 Å². The summed E-state index contributed by atoms with van der Waals surface area (Å²) in [4.78, 5) is 24.4. The van der Waals surface area contributed by atoms with Crippen LogP contribution >= 0.6 is 0 Å². The predicted octanol–water partition coefficient (Wildman–Crippen LogP) is 1.15. The summed E-state index contributed by atoms with van der Waals surface area (Å²) in [5.41, 5.74) is 0.384. The fraction of sp³-hybridized carbons (Fsp3) is 0.615. The number of amides is 1. The van der Waals surface area contributed by atoms with Gasteiger partial charge in [-0.25, -0.2) is 0 Å². The van der Waals surface area contributed by atoms with E-state index in [2.05, 4.69) is 12.2 Å². The van der Waals surface area contributed by atoms with Gasteiger partial charge in [0, 0.05) is 31.7 Å². The molecule has 20 heavy (non-hydrogen) atoms. The molecule has 0 radical (unpaired) electrons. The topological polar surface area (TPSA) is 80.4 Å². The first-order valence-electron chi connectivity index (χ1n) is 6.65. The molecule has 0 unspecified atom stereocenters. The van der Waals surface area contributed by atoms with Crippen LogP contribution in [-0.2, 0) is 7.05 Å². The molecule has 1 N–H and O–H groups in total. The monoisotopic (exact) mass is 280 g/mol. The van der Waals surface area contributed by atoms with Crippen molar-refractivity contribution in [3.05, 3.63) is 28.1 Å². The van der Waals surface area contributed by atoms with Crippen molar-refractivity contribution in [1.29, 1.82) is 0 Å². The lowest BCUT2D eigenvalue weighted by molar-refractivity contribution is -0.384. The number of aromatic nitrogens is 1. The van der Waals surface area contributed by atoms with Crippen LogP contribution in [0.5, 0.6) is 0 Å². The Morgan fingerprint density at radius 2 is 2.05 bits per heavy atom. The summed E-state index contributed by atoms with van der Waals surface area (Å²) in [7, 11) is 3.58. The van der Waals surface area contributed by atoms with E-state index in [9.17, 15) is 14.9 Å². The summed E-state index contributed by atoms with van der Waals surface area (Å²) in [6.45, 7) is 3.46. The Labute approximate surface area is 117 Å². The minimum Gasteiger partial charge on any atom is -0.340 e. The number of aryl methyl sites for hydroxylation is 1. The minimum atomic E-state index is -0.481. The van der Waals surface area contributed by atoms with Crippen LogP contribution in [0.15, 0.2) is 12.3 Å². The summed E-state index contributed by atoms with van der Waals surface area (Å²) >= 11 is 0. The smallest absolute Gasteiger partial charge is 0.287 e. The number of likely N-dealkylation sites (tertiary alicyclic amines) is 1. The Balaban J connectivity index is 2.11. The molecule has 0 aliphatic carbocycles. The average Bonchev–Trinajstić information content (AvgIpc) is 2.81. The van der Waals surface area contributed by atoms with Crippen molar-refractivity contribution in [3.63, 3.8) is 0 Å². The zero-order valence-corrected chi connectivity index (χ0v) is 12.0. The van der Waals surface area contributed by atoms with Crippen molar-refractivity contribution in [2.24, 2.45) is 7.05 Å². The van der Waals surface area contributed by atoms with E-state index in [-0.39, 0.29) is 17.1 Å². The molecule has 0 bridgehead atoms. The van der Waals surface area contributed by atoms with E-state index in [1.54, 1.807) is 11.9 Å². The molecule has 0 saturated carbocycles. The SMILES string of the molecule is CNC1(C)CCN(C(=O)c2cc([N+](=O)[O-])cn2C)CC1. The van der Waals surface area contributed by atoms with Gasteiger partial charge in [0.15, 0.2) is 0 Å². The van der Waals surface area contributed by atoms with Gasteiger partial charge in [0.1, 0.15) is 5.69 Å². The van der Waals surface area contributed by atoms with Crippen LogP contribution in [0.1, 0.15) is 30.3 Å². The fourth-order valence-electron chi connectivity index (χ4n) is 2.47. The average molecular weight is 280 g/mol. The van der Waals surface area contributed by atoms with Crippen molar-refractivity contribution in [2.45, 2.75) is 25.3 Å². The minimum absolute atomic E-state index is 0.0482. The second-order valence-corrected chi connectivity index (χ2v) is 5.55. The van der Waals surface area contributed by atoms with Gasteiger partial charge in [0.05, 0.1) is 11.1 Å². The third kappa shape index (κ3) is 2.67. The number of nitrogens with one attached hydrogen (secondary N) is 1. The zero-order valence-electron chi connectivity index (χ0n) is 12.0. The summed E-state index contributed by atoms with van der Waals surface area (Å²) in [6.07, 6.45) is 3.12. The van der Waals surface area contributed by atoms with Crippen LogP contribution in [0.3, 0.4) is 0 Å². The normalized spacial score (nSPS) is 18.1. The number of nitrogens with zero attached hydrogens (tertiary/aromatic N) is 3. The molecule has 0 spiro atoms. The number of rotatable bonds is 3. The van der Waals surface area contributed by atoms with Crippen LogP contribution in [0, 0.1) is 10.1 Å². The van der Waals surface area contributed by atoms with Crippen molar-refractivity contribution in [2.75, 3.05) is 20.1 Å². The highest BCUT2D eigenvalue weighted by atomic mass is 16.6. The van der Waals surface area contributed by atoms with Crippen LogP contribution in [0.2, 0.25) is 0 Å². The first kappa shape index (κ1) is 14.5. The third-order valence-electron chi connectivity index (χ3n) is 4.18. The van der Waals surface area contributed by atoms with Crippen LogP contribution in [0.4, 0.5) is 5.69 Å². The Morgan fingerprint density at radius 1 is 1.45 bits per heavy atom. The molecular formula is C13H20N4O3. The molecule has 1 fully saturated rings. The highest BCUT2D eigenvalue weighted by Crippen LogP contribution is 2.23. The Morgan fingerprint density at radius 3 is 2.50 bits per heavy atom. The second-order valence-electron chi connectivity index (χ2n) is 5.55. The molecule has 7 nitrogen and oxygen atoms in total. The van der Waals surface area contributed by atoms with Crippen LogP contribution in [-0.4, -0.2) is 46.0 Å². The molecule has 1 aliphatic heterocycles. The Hall–Kier alpha value is -1.89. The zero-order chi connectivity index (χ0) is 14.9. The van der Waals surface area contributed by atoms with E-state index in [1.165, 1.54) is 16.8 Å². The number of hydrogen-bond donors (Lipinski definition) is 1. The summed E-state index contributed by atoms with van der Waals surface area (Å²) in [5, 5.41) is 14.0. The molecular weight excluding hydrogens is 260 g/mol. The van der Waals surface area contributed by atoms with Gasteiger partial charge >= 0.3 is 0 Å². The molecule has 7 heteroatoms. The molecule has 0 aromatic carbocycles. The van der Waals surface area contributed by atoms with E-state index in [4.69, 9.17) is 0 Å². The molecule has 2 heterocycles. The van der Waals surface area contributed by atoms with Crippen molar-refractivity contribution >= 4 is 11.6 Å². The lowest BCUT2D eigenvalue weighted by Gasteiger charge is -2.39. The Bertz CT molecular complexity index is 530. The molecule has 1 aromatic heterocycles. The van der Waals surface area contributed by atoms with Gasteiger partial charge in [-0.2, -0.15) is 0 Å². The molecule has 2 rings (SSSR count). The van der Waals surface area contributed by atoms with Gasteiger partial charge in [-0.3, -0.25) is 14.9 Å². The highest BCUT2D eigenvalue weighted by molar-refractivity contribution is 5.93. The van der Waals surface area contributed by atoms with Gasteiger partial charge in [-0.1, -0.05) is 0 Å². The number of piperidine rings is 1. The summed E-state index contributed by atoms with van der Waals surface area (Å²) in [6, 6.07) is 1.34. The summed E-state index contributed by atoms with van der Waals surface area (Å²) in [5.74, 6) is -0.140. The van der Waals surface area contributed by atoms with Gasteiger partial charge in [-0.05, 0) is 26.8 Å². The Kier molecular flexibility index (Phi) is 3.80. The molecule has 1 amide bonds. The maximum Gasteiger partial charge on any atom is 0.287 e. The second kappa shape index (κ2) is 5.24. The van der Waals surface area contributed by atoms with Gasteiger partial charge in [0.25, 0.3) is 11.6 Å². The first-order chi connectivity index (χ1) is 9.36. The lowest BCUT2D eigenvalue weighted by atomic mass is 9.90. The first-order valence-corrected chi connectivity index (χ1v) is 6.65. The van der Waals surface area contributed by atoms with E-state index in [1.807, 2.05) is 7.05 Å². The third-order valence-corrected chi connectivity index (χ3v) is 4.18. The van der Waals surface area contributed by atoms with Crippen molar-refractivity contribution < 1.29 is 9.72 Å². The molecule has 1 aromatic rings. The van der Waals surface area contributed by atoms with Crippen molar-refractivity contribution in [3.8, 4) is 0 Å². The van der Waals surface area contributed by atoms with E-state index < -0.39 is 4.92 Å².